The van der Waals surface area contributed by atoms with Gasteiger partial charge in [-0.3, -0.25) is 9.88 Å². The predicted molar refractivity (Wildman–Crippen MR) is 94.0 cm³/mol. The van der Waals surface area contributed by atoms with Crippen LogP contribution in [0.2, 0.25) is 0 Å². The van der Waals surface area contributed by atoms with Crippen LogP contribution in [0.5, 0.6) is 0 Å². The van der Waals surface area contributed by atoms with Gasteiger partial charge in [0.25, 0.3) is 7.37 Å². The summed E-state index contributed by atoms with van der Waals surface area (Å²) in [4.78, 5) is 15.0. The van der Waals surface area contributed by atoms with E-state index < -0.39 is 13.2 Å². The van der Waals surface area contributed by atoms with Gasteiger partial charge in [0.05, 0.1) is 11.2 Å². The number of hydrogen-bond acceptors (Lipinski definition) is 4. The van der Waals surface area contributed by atoms with E-state index >= 15 is 0 Å². The Balaban J connectivity index is 1.89. The number of rotatable bonds is 6. The molecule has 0 fully saturated rings. The zero-order valence-corrected chi connectivity index (χ0v) is 14.1. The predicted octanol–water partition coefficient (Wildman–Crippen LogP) is 3.53. The molecule has 6 heteroatoms. The van der Waals surface area contributed by atoms with Crippen LogP contribution in [-0.2, 0) is 11.1 Å². The average molecular weight is 344 g/mol. The molecule has 0 saturated heterocycles. The van der Waals surface area contributed by atoms with Gasteiger partial charge in [-0.2, -0.15) is 0 Å². The molecule has 0 amide bonds. The number of aromatic nitrogens is 1. The van der Waals surface area contributed by atoms with Crippen molar-refractivity contribution < 1.29 is 9.46 Å². The first-order valence-corrected chi connectivity index (χ1v) is 9.88. The lowest BCUT2D eigenvalue weighted by Crippen LogP contribution is -2.25. The molecule has 0 aliphatic heterocycles. The molecule has 4 nitrogen and oxygen atoms in total. The summed E-state index contributed by atoms with van der Waals surface area (Å²) in [5, 5.41) is 5.45. The highest BCUT2D eigenvalue weighted by atomic mass is 32.1. The molecular weight excluding hydrogens is 327 g/mol. The van der Waals surface area contributed by atoms with Crippen LogP contribution >= 0.6 is 18.7 Å². The fourth-order valence-corrected chi connectivity index (χ4v) is 4.78. The highest BCUT2D eigenvalue weighted by Gasteiger charge is 2.35. The lowest BCUT2D eigenvalue weighted by Gasteiger charge is -2.23. The maximum absolute atomic E-state index is 13.1. The lowest BCUT2D eigenvalue weighted by molar-refractivity contribution is 0.458. The molecule has 1 aromatic heterocycles. The third-order valence-corrected chi connectivity index (χ3v) is 6.34. The summed E-state index contributed by atoms with van der Waals surface area (Å²) >= 11 is 1.42. The molecule has 0 spiro atoms. The summed E-state index contributed by atoms with van der Waals surface area (Å²) in [5.74, 6) is -0.726. The van der Waals surface area contributed by atoms with Crippen LogP contribution in [0.1, 0.15) is 17.0 Å². The van der Waals surface area contributed by atoms with Gasteiger partial charge in [0, 0.05) is 17.2 Å². The van der Waals surface area contributed by atoms with E-state index in [1.807, 2.05) is 41.8 Å². The second kappa shape index (κ2) is 7.20. The summed E-state index contributed by atoms with van der Waals surface area (Å²) in [5.41, 5.74) is 3.33. The van der Waals surface area contributed by atoms with Gasteiger partial charge < -0.3 is 4.89 Å². The largest absolute Gasteiger partial charge is 0.340 e. The van der Waals surface area contributed by atoms with Gasteiger partial charge in [-0.1, -0.05) is 48.5 Å². The first-order valence-electron chi connectivity index (χ1n) is 7.21. The van der Waals surface area contributed by atoms with Crippen LogP contribution in [0, 0.1) is 0 Å². The number of nitrogens with zero attached hydrogens (tertiary/aromatic N) is 1. The molecule has 3 aromatic rings. The van der Waals surface area contributed by atoms with Crippen molar-refractivity contribution in [2.45, 2.75) is 12.3 Å². The Morgan fingerprint density at radius 2 is 1.74 bits per heavy atom. The lowest BCUT2D eigenvalue weighted by atomic mass is 10.2. The van der Waals surface area contributed by atoms with Gasteiger partial charge in [-0.05, 0) is 17.7 Å². The van der Waals surface area contributed by atoms with Crippen molar-refractivity contribution in [3.8, 4) is 0 Å². The Morgan fingerprint density at radius 3 is 2.35 bits per heavy atom. The van der Waals surface area contributed by atoms with Crippen molar-refractivity contribution in [1.82, 2.24) is 10.3 Å². The van der Waals surface area contributed by atoms with E-state index in [1.54, 1.807) is 29.8 Å². The van der Waals surface area contributed by atoms with Gasteiger partial charge in [-0.15, -0.1) is 11.3 Å². The van der Waals surface area contributed by atoms with Crippen LogP contribution in [-0.4, -0.2) is 9.88 Å². The van der Waals surface area contributed by atoms with Crippen molar-refractivity contribution in [3.05, 3.63) is 82.8 Å². The molecule has 2 aromatic carbocycles. The van der Waals surface area contributed by atoms with Crippen LogP contribution < -0.4 is 10.6 Å². The molecule has 2 unspecified atom stereocenters. The maximum Gasteiger partial charge on any atom is 0.252 e. The molecule has 1 heterocycles. The summed E-state index contributed by atoms with van der Waals surface area (Å²) in [7, 11) is -3.65. The number of hydrogen-bond donors (Lipinski definition) is 2. The molecule has 23 heavy (non-hydrogen) atoms. The summed E-state index contributed by atoms with van der Waals surface area (Å²) < 4.78 is 13.1. The second-order valence-corrected chi connectivity index (χ2v) is 8.14. The highest BCUT2D eigenvalue weighted by molar-refractivity contribution is 7.66. The topological polar surface area (TPSA) is 62.2 Å². The van der Waals surface area contributed by atoms with Gasteiger partial charge in [0.1, 0.15) is 5.78 Å². The van der Waals surface area contributed by atoms with E-state index in [0.717, 1.165) is 5.56 Å². The van der Waals surface area contributed by atoms with Crippen molar-refractivity contribution in [2.24, 2.45) is 0 Å². The van der Waals surface area contributed by atoms with E-state index in [1.165, 1.54) is 11.3 Å². The smallest absolute Gasteiger partial charge is 0.252 e. The Labute approximate surface area is 139 Å². The van der Waals surface area contributed by atoms with Gasteiger partial charge in [-0.25, -0.2) is 4.98 Å². The summed E-state index contributed by atoms with van der Waals surface area (Å²) in [6.07, 6.45) is 0. The molecular formula is C17H17N2O2PS. The van der Waals surface area contributed by atoms with E-state index in [0.29, 0.717) is 17.5 Å². The number of benzene rings is 2. The van der Waals surface area contributed by atoms with Gasteiger partial charge >= 0.3 is 0 Å². The molecule has 0 radical (unpaired) electrons. The summed E-state index contributed by atoms with van der Waals surface area (Å²) in [6, 6.07) is 18.6. The molecule has 2 N–H and O–H groups in total. The van der Waals surface area contributed by atoms with E-state index in [9.17, 15) is 9.46 Å². The fraction of sp³-hybridized carbons (Fsp3) is 0.118. The SMILES string of the molecule is O=P(O)(c1ccccc1)C(NCc1ccccc1)c1cscn1. The van der Waals surface area contributed by atoms with Gasteiger partial charge in [0.2, 0.25) is 0 Å². The van der Waals surface area contributed by atoms with Crippen LogP contribution in [0.4, 0.5) is 0 Å². The minimum Gasteiger partial charge on any atom is -0.340 e. The first kappa shape index (κ1) is 16.1. The molecule has 3 rings (SSSR count). The maximum atomic E-state index is 13.1. The van der Waals surface area contributed by atoms with Crippen molar-refractivity contribution in [3.63, 3.8) is 0 Å². The normalized spacial score (nSPS) is 15.0. The number of thiazole rings is 1. The number of nitrogens with one attached hydrogen (secondary N) is 1. The monoisotopic (exact) mass is 344 g/mol. The first-order chi connectivity index (χ1) is 11.2. The molecule has 0 bridgehead atoms. The Hall–Kier alpha value is -1.78. The molecule has 0 aliphatic rings. The molecule has 118 valence electrons. The standard InChI is InChI=1S/C17H17N2O2PS/c20-22(21,15-9-5-2-6-10-15)17(16-12-23-13-19-16)18-11-14-7-3-1-4-8-14/h1-10,12-13,17-18H,11H2,(H,20,21). The summed E-state index contributed by atoms with van der Waals surface area (Å²) in [6.45, 7) is 0.500. The van der Waals surface area contributed by atoms with E-state index in [-0.39, 0.29) is 0 Å². The molecule has 0 aliphatic carbocycles. The average Bonchev–Trinajstić information content (AvgIpc) is 3.11. The third-order valence-electron chi connectivity index (χ3n) is 3.55. The highest BCUT2D eigenvalue weighted by Crippen LogP contribution is 2.52. The zero-order valence-electron chi connectivity index (χ0n) is 12.4. The van der Waals surface area contributed by atoms with Crippen LogP contribution in [0.3, 0.4) is 0 Å². The van der Waals surface area contributed by atoms with E-state index in [2.05, 4.69) is 10.3 Å². The molecule has 0 saturated carbocycles. The molecule has 2 atom stereocenters. The minimum absolute atomic E-state index is 0.429. The van der Waals surface area contributed by atoms with Gasteiger partial charge in [0.15, 0.2) is 0 Å². The zero-order chi connectivity index (χ0) is 16.1. The van der Waals surface area contributed by atoms with Crippen molar-refractivity contribution >= 4 is 24.0 Å². The third kappa shape index (κ3) is 3.77. The Morgan fingerprint density at radius 1 is 1.09 bits per heavy atom. The van der Waals surface area contributed by atoms with E-state index in [4.69, 9.17) is 0 Å². The van der Waals surface area contributed by atoms with Crippen molar-refractivity contribution in [1.29, 1.82) is 0 Å². The van der Waals surface area contributed by atoms with Crippen LogP contribution in [0.25, 0.3) is 0 Å². The Kier molecular flexibility index (Phi) is 5.03. The second-order valence-electron chi connectivity index (χ2n) is 5.14. The minimum atomic E-state index is -3.65. The van der Waals surface area contributed by atoms with Crippen molar-refractivity contribution in [2.75, 3.05) is 0 Å². The fourth-order valence-electron chi connectivity index (χ4n) is 2.37. The Bertz CT molecular complexity index is 779. The quantitative estimate of drug-likeness (QED) is 0.672. The van der Waals surface area contributed by atoms with Crippen LogP contribution in [0.15, 0.2) is 71.6 Å².